The second-order valence-corrected chi connectivity index (χ2v) is 4.32. The van der Waals surface area contributed by atoms with E-state index in [4.69, 9.17) is 0 Å². The van der Waals surface area contributed by atoms with Gasteiger partial charge in [0.15, 0.2) is 0 Å². The smallest absolute Gasteiger partial charge is 0.341 e. The van der Waals surface area contributed by atoms with E-state index in [9.17, 15) is 18.0 Å². The molecule has 0 aromatic heterocycles. The molecule has 1 N–H and O–H groups in total. The first-order valence-electron chi connectivity index (χ1n) is 4.96. The Kier molecular flexibility index (Phi) is 5.10. The van der Waals surface area contributed by atoms with Crippen molar-refractivity contribution in [3.63, 3.8) is 0 Å². The van der Waals surface area contributed by atoms with Gasteiger partial charge in [0.25, 0.3) is 5.91 Å². The Morgan fingerprint density at radius 3 is 2.67 bits per heavy atom. The molecule has 6 heteroatoms. The van der Waals surface area contributed by atoms with Crippen LogP contribution in [0.15, 0.2) is 29.2 Å². The normalized spacial score (nSPS) is 10.4. The molecular weight excluding hydrogens is 263 g/mol. The van der Waals surface area contributed by atoms with Crippen LogP contribution in [0.5, 0.6) is 0 Å². The molecule has 1 amide bonds. The van der Waals surface area contributed by atoms with Crippen LogP contribution in [0.3, 0.4) is 0 Å². The van der Waals surface area contributed by atoms with E-state index in [0.29, 0.717) is 5.56 Å². The molecule has 0 saturated heterocycles. The van der Waals surface area contributed by atoms with Crippen molar-refractivity contribution in [1.82, 2.24) is 5.32 Å². The molecule has 0 radical (unpaired) electrons. The zero-order valence-electron chi connectivity index (χ0n) is 9.47. The molecular formula is C12H10F3NOS. The van der Waals surface area contributed by atoms with Crippen molar-refractivity contribution in [2.24, 2.45) is 0 Å². The number of rotatable bonds is 3. The first kappa shape index (κ1) is 14.5. The van der Waals surface area contributed by atoms with Crippen molar-refractivity contribution < 1.29 is 18.0 Å². The van der Waals surface area contributed by atoms with Crippen LogP contribution in [0.4, 0.5) is 13.2 Å². The summed E-state index contributed by atoms with van der Waals surface area (Å²) in [5.41, 5.74) is -3.94. The summed E-state index contributed by atoms with van der Waals surface area (Å²) < 4.78 is 36.9. The molecule has 18 heavy (non-hydrogen) atoms. The standard InChI is InChI=1S/C12H10F3NOS/c1-2-5-11(17)16-8-9-6-3-4-7-10(9)18-12(13,14)15/h3-4,6-7H,8H2,1H3,(H,16,17). The fourth-order valence-electron chi connectivity index (χ4n) is 1.21. The van der Waals surface area contributed by atoms with Gasteiger partial charge in [0.2, 0.25) is 0 Å². The highest BCUT2D eigenvalue weighted by molar-refractivity contribution is 8.00. The van der Waals surface area contributed by atoms with E-state index in [1.54, 1.807) is 6.07 Å². The van der Waals surface area contributed by atoms with Gasteiger partial charge in [-0.2, -0.15) is 13.2 Å². The zero-order chi connectivity index (χ0) is 13.6. The van der Waals surface area contributed by atoms with Gasteiger partial charge in [-0.25, -0.2) is 0 Å². The summed E-state index contributed by atoms with van der Waals surface area (Å²) in [5, 5.41) is 2.43. The predicted molar refractivity (Wildman–Crippen MR) is 63.7 cm³/mol. The highest BCUT2D eigenvalue weighted by Crippen LogP contribution is 2.38. The number of amides is 1. The van der Waals surface area contributed by atoms with E-state index in [1.165, 1.54) is 25.1 Å². The Morgan fingerprint density at radius 2 is 2.06 bits per heavy atom. The molecule has 1 rings (SSSR count). The number of nitrogens with one attached hydrogen (secondary N) is 1. The second kappa shape index (κ2) is 6.36. The fraction of sp³-hybridized carbons (Fsp3) is 0.250. The molecule has 0 saturated carbocycles. The van der Waals surface area contributed by atoms with Gasteiger partial charge >= 0.3 is 5.51 Å². The number of halogens is 3. The molecule has 0 atom stereocenters. The first-order valence-corrected chi connectivity index (χ1v) is 5.78. The summed E-state index contributed by atoms with van der Waals surface area (Å²) in [6, 6.07) is 6.04. The predicted octanol–water partition coefficient (Wildman–Crippen LogP) is 2.94. The van der Waals surface area contributed by atoms with Crippen molar-refractivity contribution in [1.29, 1.82) is 0 Å². The first-order chi connectivity index (χ1) is 8.42. The minimum atomic E-state index is -4.34. The number of carbonyl (C=O) groups excluding carboxylic acids is 1. The molecule has 1 aromatic rings. The SMILES string of the molecule is CC#CC(=O)NCc1ccccc1SC(F)(F)F. The quantitative estimate of drug-likeness (QED) is 0.677. The van der Waals surface area contributed by atoms with Crippen molar-refractivity contribution >= 4 is 17.7 Å². The molecule has 0 aliphatic heterocycles. The van der Waals surface area contributed by atoms with Crippen LogP contribution in [0.2, 0.25) is 0 Å². The van der Waals surface area contributed by atoms with E-state index >= 15 is 0 Å². The highest BCUT2D eigenvalue weighted by Gasteiger charge is 2.30. The summed E-state index contributed by atoms with van der Waals surface area (Å²) >= 11 is -0.195. The van der Waals surface area contributed by atoms with E-state index in [-0.39, 0.29) is 23.2 Å². The van der Waals surface area contributed by atoms with Crippen LogP contribution in [0.25, 0.3) is 0 Å². The summed E-state index contributed by atoms with van der Waals surface area (Å²) in [7, 11) is 0. The summed E-state index contributed by atoms with van der Waals surface area (Å²) in [5.74, 6) is 4.15. The molecule has 1 aromatic carbocycles. The number of alkyl halides is 3. The van der Waals surface area contributed by atoms with Gasteiger partial charge in [-0.1, -0.05) is 24.1 Å². The maximum absolute atomic E-state index is 12.3. The zero-order valence-corrected chi connectivity index (χ0v) is 10.3. The van der Waals surface area contributed by atoms with Crippen molar-refractivity contribution in [2.45, 2.75) is 23.9 Å². The van der Waals surface area contributed by atoms with Gasteiger partial charge in [0.05, 0.1) is 0 Å². The van der Waals surface area contributed by atoms with Gasteiger partial charge < -0.3 is 5.32 Å². The van der Waals surface area contributed by atoms with Gasteiger partial charge in [-0.15, -0.1) is 0 Å². The van der Waals surface area contributed by atoms with Crippen molar-refractivity contribution in [2.75, 3.05) is 0 Å². The Bertz CT molecular complexity index is 488. The topological polar surface area (TPSA) is 29.1 Å². The summed E-state index contributed by atoms with van der Waals surface area (Å²) in [6.45, 7) is 1.53. The number of carbonyl (C=O) groups is 1. The summed E-state index contributed by atoms with van der Waals surface area (Å²) in [4.78, 5) is 11.2. The van der Waals surface area contributed by atoms with Gasteiger partial charge in [0.1, 0.15) is 0 Å². The third-order valence-electron chi connectivity index (χ3n) is 1.88. The van der Waals surface area contributed by atoms with E-state index in [1.807, 2.05) is 0 Å². The lowest BCUT2D eigenvalue weighted by Gasteiger charge is -2.10. The van der Waals surface area contributed by atoms with Gasteiger partial charge in [-0.05, 0) is 36.2 Å². The van der Waals surface area contributed by atoms with Crippen LogP contribution in [0, 0.1) is 11.8 Å². The summed E-state index contributed by atoms with van der Waals surface area (Å²) in [6.07, 6.45) is 0. The van der Waals surface area contributed by atoms with E-state index in [2.05, 4.69) is 17.2 Å². The Hall–Kier alpha value is -1.61. The third-order valence-corrected chi connectivity index (χ3v) is 2.73. The maximum atomic E-state index is 12.3. The third kappa shape index (κ3) is 5.15. The number of hydrogen-bond acceptors (Lipinski definition) is 2. The molecule has 0 aliphatic carbocycles. The molecule has 0 heterocycles. The lowest BCUT2D eigenvalue weighted by molar-refractivity contribution is -0.115. The molecule has 0 fully saturated rings. The maximum Gasteiger partial charge on any atom is 0.446 e. The highest BCUT2D eigenvalue weighted by atomic mass is 32.2. The monoisotopic (exact) mass is 273 g/mol. The Morgan fingerprint density at radius 1 is 1.39 bits per heavy atom. The van der Waals surface area contributed by atoms with E-state index < -0.39 is 11.4 Å². The minimum Gasteiger partial charge on any atom is -0.341 e. The fourth-order valence-corrected chi connectivity index (χ4v) is 1.87. The largest absolute Gasteiger partial charge is 0.446 e. The molecule has 96 valence electrons. The van der Waals surface area contributed by atoms with E-state index in [0.717, 1.165) is 0 Å². The van der Waals surface area contributed by atoms with Crippen LogP contribution < -0.4 is 5.32 Å². The lowest BCUT2D eigenvalue weighted by Crippen LogP contribution is -2.21. The molecule has 0 bridgehead atoms. The van der Waals surface area contributed by atoms with Crippen LogP contribution in [-0.4, -0.2) is 11.4 Å². The van der Waals surface area contributed by atoms with Gasteiger partial charge in [0, 0.05) is 11.4 Å². The minimum absolute atomic E-state index is 0.0206. The molecule has 0 spiro atoms. The number of benzene rings is 1. The average molecular weight is 273 g/mol. The number of thioether (sulfide) groups is 1. The van der Waals surface area contributed by atoms with Crippen LogP contribution in [0.1, 0.15) is 12.5 Å². The lowest BCUT2D eigenvalue weighted by atomic mass is 10.2. The van der Waals surface area contributed by atoms with Crippen molar-refractivity contribution in [3.8, 4) is 11.8 Å². The van der Waals surface area contributed by atoms with Crippen LogP contribution in [-0.2, 0) is 11.3 Å². The average Bonchev–Trinajstić information content (AvgIpc) is 2.26. The molecule has 2 nitrogen and oxygen atoms in total. The number of hydrogen-bond donors (Lipinski definition) is 1. The van der Waals surface area contributed by atoms with Crippen molar-refractivity contribution in [3.05, 3.63) is 29.8 Å². The molecule has 0 unspecified atom stereocenters. The Balaban J connectivity index is 2.75. The van der Waals surface area contributed by atoms with Crippen LogP contribution >= 0.6 is 11.8 Å². The second-order valence-electron chi connectivity index (χ2n) is 3.21. The Labute approximate surface area is 107 Å². The molecule has 0 aliphatic rings. The van der Waals surface area contributed by atoms with Gasteiger partial charge in [-0.3, -0.25) is 4.79 Å².